The van der Waals surface area contributed by atoms with E-state index in [1.54, 1.807) is 47.4 Å². The van der Waals surface area contributed by atoms with Gasteiger partial charge in [-0.3, -0.25) is 0 Å². The lowest BCUT2D eigenvalue weighted by molar-refractivity contribution is 0.485. The van der Waals surface area contributed by atoms with Gasteiger partial charge in [0.1, 0.15) is 15.8 Å². The molecule has 0 fully saturated rings. The van der Waals surface area contributed by atoms with E-state index in [9.17, 15) is 8.42 Å². The molecule has 0 saturated heterocycles. The third-order valence-corrected chi connectivity index (χ3v) is 4.25. The Labute approximate surface area is 132 Å². The van der Waals surface area contributed by atoms with E-state index in [2.05, 4.69) is 10.1 Å². The molecule has 8 heteroatoms. The van der Waals surface area contributed by atoms with Crippen molar-refractivity contribution in [3.8, 4) is 11.4 Å². The zero-order valence-corrected chi connectivity index (χ0v) is 12.7. The van der Waals surface area contributed by atoms with Crippen LogP contribution in [0.25, 0.3) is 5.69 Å². The van der Waals surface area contributed by atoms with Gasteiger partial charge in [0.25, 0.3) is 0 Å². The number of hydrogen-bond acceptors (Lipinski definition) is 5. The SMILES string of the molecule is O=S(=O)(Oc1ccc(-n2cccn2)cc1)c1ccc(Cl)nc1. The molecule has 0 bridgehead atoms. The molecule has 3 aromatic rings. The molecule has 0 N–H and O–H groups in total. The van der Waals surface area contributed by atoms with E-state index in [0.717, 1.165) is 11.9 Å². The van der Waals surface area contributed by atoms with Crippen LogP contribution in [0.2, 0.25) is 5.15 Å². The van der Waals surface area contributed by atoms with Crippen LogP contribution in [-0.4, -0.2) is 23.2 Å². The smallest absolute Gasteiger partial charge is 0.340 e. The molecule has 0 atom stereocenters. The molecule has 2 heterocycles. The Morgan fingerprint density at radius 3 is 2.45 bits per heavy atom. The van der Waals surface area contributed by atoms with E-state index in [0.29, 0.717) is 0 Å². The van der Waals surface area contributed by atoms with Crippen molar-refractivity contribution in [1.29, 1.82) is 0 Å². The zero-order chi connectivity index (χ0) is 15.6. The summed E-state index contributed by atoms with van der Waals surface area (Å²) in [5.41, 5.74) is 0.794. The van der Waals surface area contributed by atoms with E-state index < -0.39 is 10.1 Å². The second-order valence-corrected chi connectivity index (χ2v) is 6.23. The first kappa shape index (κ1) is 14.6. The average Bonchev–Trinajstić information content (AvgIpc) is 3.02. The van der Waals surface area contributed by atoms with Crippen molar-refractivity contribution in [1.82, 2.24) is 14.8 Å². The van der Waals surface area contributed by atoms with Crippen molar-refractivity contribution < 1.29 is 12.6 Å². The van der Waals surface area contributed by atoms with Crippen LogP contribution in [0.5, 0.6) is 5.75 Å². The van der Waals surface area contributed by atoms with E-state index in [1.165, 1.54) is 12.1 Å². The molecule has 0 aliphatic carbocycles. The predicted octanol–water partition coefficient (Wildman–Crippen LogP) is 2.69. The predicted molar refractivity (Wildman–Crippen MR) is 80.6 cm³/mol. The number of hydrogen-bond donors (Lipinski definition) is 0. The van der Waals surface area contributed by atoms with Gasteiger partial charge in [-0.2, -0.15) is 13.5 Å². The number of rotatable bonds is 4. The van der Waals surface area contributed by atoms with Gasteiger partial charge in [-0.05, 0) is 42.5 Å². The minimum Gasteiger partial charge on any atom is -0.379 e. The van der Waals surface area contributed by atoms with Crippen molar-refractivity contribution in [3.63, 3.8) is 0 Å². The van der Waals surface area contributed by atoms with Crippen molar-refractivity contribution in [2.75, 3.05) is 0 Å². The van der Waals surface area contributed by atoms with Gasteiger partial charge in [0.15, 0.2) is 0 Å². The van der Waals surface area contributed by atoms with Crippen LogP contribution in [0, 0.1) is 0 Å². The summed E-state index contributed by atoms with van der Waals surface area (Å²) in [7, 11) is -3.94. The highest BCUT2D eigenvalue weighted by Gasteiger charge is 2.17. The third-order valence-electron chi connectivity index (χ3n) is 2.80. The summed E-state index contributed by atoms with van der Waals surface area (Å²) in [6.45, 7) is 0. The molecule has 0 amide bonds. The summed E-state index contributed by atoms with van der Waals surface area (Å²) in [5, 5.41) is 4.29. The number of benzene rings is 1. The van der Waals surface area contributed by atoms with E-state index in [1.807, 2.05) is 0 Å². The average molecular weight is 336 g/mol. The van der Waals surface area contributed by atoms with Gasteiger partial charge in [-0.25, -0.2) is 9.67 Å². The summed E-state index contributed by atoms with van der Waals surface area (Å²) in [5.74, 6) is 0.200. The molecule has 2 aromatic heterocycles. The van der Waals surface area contributed by atoms with Crippen molar-refractivity contribution in [2.45, 2.75) is 4.90 Å². The van der Waals surface area contributed by atoms with Gasteiger partial charge < -0.3 is 4.18 Å². The molecule has 0 saturated carbocycles. The van der Waals surface area contributed by atoms with Crippen LogP contribution in [0.3, 0.4) is 0 Å². The largest absolute Gasteiger partial charge is 0.379 e. The highest BCUT2D eigenvalue weighted by molar-refractivity contribution is 7.87. The zero-order valence-electron chi connectivity index (χ0n) is 11.1. The van der Waals surface area contributed by atoms with Crippen LogP contribution >= 0.6 is 11.6 Å². The van der Waals surface area contributed by atoms with Crippen LogP contribution in [0.1, 0.15) is 0 Å². The molecule has 6 nitrogen and oxygen atoms in total. The lowest BCUT2D eigenvalue weighted by Gasteiger charge is -2.07. The Morgan fingerprint density at radius 2 is 1.86 bits per heavy atom. The van der Waals surface area contributed by atoms with Gasteiger partial charge in [-0.15, -0.1) is 0 Å². The fourth-order valence-electron chi connectivity index (χ4n) is 1.76. The van der Waals surface area contributed by atoms with E-state index in [4.69, 9.17) is 15.8 Å². The van der Waals surface area contributed by atoms with Crippen LogP contribution in [-0.2, 0) is 10.1 Å². The minimum atomic E-state index is -3.94. The Kier molecular flexibility index (Phi) is 3.82. The molecule has 0 radical (unpaired) electrons. The maximum absolute atomic E-state index is 12.1. The fourth-order valence-corrected chi connectivity index (χ4v) is 2.75. The standard InChI is InChI=1S/C14H10ClN3O3S/c15-14-7-6-13(10-16-14)22(19,20)21-12-4-2-11(3-5-12)18-9-1-8-17-18/h1-10H. The molecule has 0 aliphatic rings. The van der Waals surface area contributed by atoms with Gasteiger partial charge in [0.05, 0.1) is 11.9 Å². The summed E-state index contributed by atoms with van der Waals surface area (Å²) in [6, 6.07) is 11.0. The van der Waals surface area contributed by atoms with E-state index in [-0.39, 0.29) is 15.8 Å². The number of aromatic nitrogens is 3. The maximum atomic E-state index is 12.1. The molecule has 0 spiro atoms. The van der Waals surface area contributed by atoms with Gasteiger partial charge in [0, 0.05) is 12.4 Å². The number of pyridine rings is 1. The summed E-state index contributed by atoms with van der Waals surface area (Å²) < 4.78 is 30.9. The Bertz CT molecular complexity index is 861. The van der Waals surface area contributed by atoms with Crippen molar-refractivity contribution in [2.24, 2.45) is 0 Å². The number of halogens is 1. The molecule has 0 aliphatic heterocycles. The van der Waals surface area contributed by atoms with Crippen LogP contribution in [0.4, 0.5) is 0 Å². The van der Waals surface area contributed by atoms with Crippen LogP contribution in [0.15, 0.2) is 66.0 Å². The second kappa shape index (κ2) is 5.78. The first-order chi connectivity index (χ1) is 10.5. The highest BCUT2D eigenvalue weighted by atomic mass is 35.5. The molecular weight excluding hydrogens is 326 g/mol. The Hall–Kier alpha value is -2.38. The summed E-state index contributed by atoms with van der Waals surface area (Å²) >= 11 is 5.63. The molecular formula is C14H10ClN3O3S. The minimum absolute atomic E-state index is 0.0620. The molecule has 3 rings (SSSR count). The second-order valence-electron chi connectivity index (χ2n) is 4.30. The molecule has 0 unspecified atom stereocenters. The lowest BCUT2D eigenvalue weighted by Crippen LogP contribution is -2.10. The summed E-state index contributed by atoms with van der Waals surface area (Å²) in [4.78, 5) is 3.67. The first-order valence-corrected chi connectivity index (χ1v) is 7.99. The first-order valence-electron chi connectivity index (χ1n) is 6.21. The molecule has 22 heavy (non-hydrogen) atoms. The normalized spacial score (nSPS) is 11.3. The highest BCUT2D eigenvalue weighted by Crippen LogP contribution is 2.20. The molecule has 112 valence electrons. The Balaban J connectivity index is 1.82. The topological polar surface area (TPSA) is 74.1 Å². The maximum Gasteiger partial charge on any atom is 0.340 e. The van der Waals surface area contributed by atoms with Crippen LogP contribution < -0.4 is 4.18 Å². The number of nitrogens with zero attached hydrogens (tertiary/aromatic N) is 3. The molecule has 1 aromatic carbocycles. The van der Waals surface area contributed by atoms with Gasteiger partial charge >= 0.3 is 10.1 Å². The fraction of sp³-hybridized carbons (Fsp3) is 0. The summed E-state index contributed by atoms with van der Waals surface area (Å²) in [6.07, 6.45) is 4.59. The van der Waals surface area contributed by atoms with Crippen molar-refractivity contribution in [3.05, 3.63) is 66.2 Å². The quantitative estimate of drug-likeness (QED) is 0.541. The third kappa shape index (κ3) is 3.10. The monoisotopic (exact) mass is 335 g/mol. The van der Waals surface area contributed by atoms with E-state index >= 15 is 0 Å². The van der Waals surface area contributed by atoms with Gasteiger partial charge in [-0.1, -0.05) is 11.6 Å². The Morgan fingerprint density at radius 1 is 1.09 bits per heavy atom. The van der Waals surface area contributed by atoms with Crippen molar-refractivity contribution >= 4 is 21.7 Å². The van der Waals surface area contributed by atoms with Gasteiger partial charge in [0.2, 0.25) is 0 Å². The lowest BCUT2D eigenvalue weighted by atomic mass is 10.3.